The lowest BCUT2D eigenvalue weighted by Crippen LogP contribution is -2.32. The van der Waals surface area contributed by atoms with Crippen molar-refractivity contribution in [1.82, 2.24) is 0 Å². The molecule has 0 aromatic heterocycles. The van der Waals surface area contributed by atoms with Crippen LogP contribution in [0.15, 0.2) is 28.7 Å². The molecule has 1 aromatic carbocycles. The molecule has 96 valence electrons. The molecule has 0 amide bonds. The molecular formula is C14H16BrNO2. The number of halogens is 1. The van der Waals surface area contributed by atoms with Gasteiger partial charge in [-0.25, -0.2) is 0 Å². The Bertz CT molecular complexity index is 479. The van der Waals surface area contributed by atoms with E-state index in [0.29, 0.717) is 6.42 Å². The standard InChI is InChI=1S/C14H16BrNO2/c1-10(2)14(9-16,8-7-13(17)18)11-5-3-4-6-12(11)15/h3-6,10H,7-8H2,1-2H3,(H,17,18). The second kappa shape index (κ2) is 6.01. The largest absolute Gasteiger partial charge is 0.481 e. The van der Waals surface area contributed by atoms with Crippen molar-refractivity contribution in [1.29, 1.82) is 5.26 Å². The Labute approximate surface area is 116 Å². The van der Waals surface area contributed by atoms with Crippen LogP contribution in [0.3, 0.4) is 0 Å². The van der Waals surface area contributed by atoms with E-state index in [0.717, 1.165) is 10.0 Å². The summed E-state index contributed by atoms with van der Waals surface area (Å²) in [6.07, 6.45) is 0.312. The van der Waals surface area contributed by atoms with Crippen LogP contribution in [0.25, 0.3) is 0 Å². The fourth-order valence-corrected chi connectivity index (χ4v) is 2.75. The van der Waals surface area contributed by atoms with Crippen molar-refractivity contribution in [3.8, 4) is 6.07 Å². The summed E-state index contributed by atoms with van der Waals surface area (Å²) in [7, 11) is 0. The number of benzene rings is 1. The minimum absolute atomic E-state index is 0.00687. The van der Waals surface area contributed by atoms with Gasteiger partial charge in [0.2, 0.25) is 0 Å². The summed E-state index contributed by atoms with van der Waals surface area (Å²) in [6, 6.07) is 9.85. The van der Waals surface area contributed by atoms with E-state index in [1.54, 1.807) is 0 Å². The first-order valence-electron chi connectivity index (χ1n) is 5.82. The number of aliphatic carboxylic acids is 1. The highest BCUT2D eigenvalue weighted by Gasteiger charge is 2.37. The SMILES string of the molecule is CC(C)C(C#N)(CCC(=O)O)c1ccccc1Br. The fourth-order valence-electron chi connectivity index (χ4n) is 2.11. The lowest BCUT2D eigenvalue weighted by atomic mass is 9.70. The van der Waals surface area contributed by atoms with E-state index >= 15 is 0 Å². The Morgan fingerprint density at radius 2 is 2.11 bits per heavy atom. The molecular weight excluding hydrogens is 294 g/mol. The monoisotopic (exact) mass is 309 g/mol. The number of hydrogen-bond acceptors (Lipinski definition) is 2. The maximum Gasteiger partial charge on any atom is 0.303 e. The van der Waals surface area contributed by atoms with Crippen LogP contribution in [-0.2, 0) is 10.2 Å². The molecule has 1 unspecified atom stereocenters. The van der Waals surface area contributed by atoms with Crippen molar-refractivity contribution >= 4 is 21.9 Å². The van der Waals surface area contributed by atoms with Gasteiger partial charge in [0.15, 0.2) is 0 Å². The van der Waals surface area contributed by atoms with Crippen LogP contribution < -0.4 is 0 Å². The molecule has 4 heteroatoms. The Morgan fingerprint density at radius 1 is 1.50 bits per heavy atom. The number of nitrogens with zero attached hydrogens (tertiary/aromatic N) is 1. The van der Waals surface area contributed by atoms with Crippen LogP contribution >= 0.6 is 15.9 Å². The lowest BCUT2D eigenvalue weighted by Gasteiger charge is -2.31. The molecule has 0 fully saturated rings. The average molecular weight is 310 g/mol. The molecule has 0 spiro atoms. The van der Waals surface area contributed by atoms with Gasteiger partial charge in [-0.2, -0.15) is 5.26 Å². The topological polar surface area (TPSA) is 61.1 Å². The van der Waals surface area contributed by atoms with Gasteiger partial charge in [0.25, 0.3) is 0 Å². The normalized spacial score (nSPS) is 13.9. The predicted molar refractivity (Wildman–Crippen MR) is 73.1 cm³/mol. The third kappa shape index (κ3) is 2.91. The zero-order chi connectivity index (χ0) is 13.8. The minimum Gasteiger partial charge on any atom is -0.481 e. The average Bonchev–Trinajstić information content (AvgIpc) is 2.31. The summed E-state index contributed by atoms with van der Waals surface area (Å²) in [4.78, 5) is 10.8. The molecule has 18 heavy (non-hydrogen) atoms. The summed E-state index contributed by atoms with van der Waals surface area (Å²) >= 11 is 3.45. The van der Waals surface area contributed by atoms with E-state index in [-0.39, 0.29) is 12.3 Å². The second-order valence-corrected chi connectivity index (χ2v) is 5.47. The van der Waals surface area contributed by atoms with Gasteiger partial charge in [-0.05, 0) is 24.0 Å². The first-order chi connectivity index (χ1) is 8.44. The Kier molecular flexibility index (Phi) is 4.92. The summed E-state index contributed by atoms with van der Waals surface area (Å²) in [5.41, 5.74) is 0.0992. The molecule has 0 aliphatic carbocycles. The third-order valence-electron chi connectivity index (χ3n) is 3.27. The maximum absolute atomic E-state index is 10.8. The van der Waals surface area contributed by atoms with E-state index < -0.39 is 11.4 Å². The first kappa shape index (κ1) is 14.7. The van der Waals surface area contributed by atoms with E-state index in [1.165, 1.54) is 0 Å². The Morgan fingerprint density at radius 3 is 2.56 bits per heavy atom. The van der Waals surface area contributed by atoms with Crippen LogP contribution in [-0.4, -0.2) is 11.1 Å². The number of carboxylic acids is 1. The molecule has 1 rings (SSSR count). The number of nitriles is 1. The van der Waals surface area contributed by atoms with E-state index in [4.69, 9.17) is 5.11 Å². The Hall–Kier alpha value is -1.34. The van der Waals surface area contributed by atoms with Crippen LogP contribution in [0, 0.1) is 17.2 Å². The molecule has 3 nitrogen and oxygen atoms in total. The van der Waals surface area contributed by atoms with Crippen LogP contribution in [0.1, 0.15) is 32.3 Å². The van der Waals surface area contributed by atoms with Gasteiger partial charge in [0.05, 0.1) is 11.5 Å². The maximum atomic E-state index is 10.8. The van der Waals surface area contributed by atoms with Crippen molar-refractivity contribution in [2.75, 3.05) is 0 Å². The highest BCUT2D eigenvalue weighted by molar-refractivity contribution is 9.10. The van der Waals surface area contributed by atoms with Gasteiger partial charge in [0.1, 0.15) is 0 Å². The van der Waals surface area contributed by atoms with Crippen molar-refractivity contribution in [2.24, 2.45) is 5.92 Å². The van der Waals surface area contributed by atoms with Gasteiger partial charge in [0, 0.05) is 10.9 Å². The highest BCUT2D eigenvalue weighted by Crippen LogP contribution is 2.40. The van der Waals surface area contributed by atoms with E-state index in [9.17, 15) is 10.1 Å². The summed E-state index contributed by atoms with van der Waals surface area (Å²) in [6.45, 7) is 3.90. The molecule has 1 aromatic rings. The van der Waals surface area contributed by atoms with Gasteiger partial charge < -0.3 is 5.11 Å². The van der Waals surface area contributed by atoms with E-state index in [2.05, 4.69) is 22.0 Å². The number of carbonyl (C=O) groups is 1. The molecule has 0 heterocycles. The molecule has 0 radical (unpaired) electrons. The third-order valence-corrected chi connectivity index (χ3v) is 3.96. The molecule has 1 N–H and O–H groups in total. The van der Waals surface area contributed by atoms with Crippen molar-refractivity contribution in [3.63, 3.8) is 0 Å². The second-order valence-electron chi connectivity index (χ2n) is 4.61. The molecule has 0 bridgehead atoms. The van der Waals surface area contributed by atoms with Gasteiger partial charge in [-0.15, -0.1) is 0 Å². The van der Waals surface area contributed by atoms with Crippen LogP contribution in [0.2, 0.25) is 0 Å². The zero-order valence-electron chi connectivity index (χ0n) is 10.5. The number of hydrogen-bond donors (Lipinski definition) is 1. The first-order valence-corrected chi connectivity index (χ1v) is 6.61. The fraction of sp³-hybridized carbons (Fsp3) is 0.429. The molecule has 0 saturated carbocycles. The molecule has 1 atom stereocenters. The number of carboxylic acid groups (broad SMARTS) is 1. The lowest BCUT2D eigenvalue weighted by molar-refractivity contribution is -0.137. The Balaban J connectivity index is 3.25. The van der Waals surface area contributed by atoms with Crippen molar-refractivity contribution < 1.29 is 9.90 Å². The van der Waals surface area contributed by atoms with Gasteiger partial charge in [-0.3, -0.25) is 4.79 Å². The predicted octanol–water partition coefficient (Wildman–Crippen LogP) is 3.73. The van der Waals surface area contributed by atoms with Crippen molar-refractivity contribution in [3.05, 3.63) is 34.3 Å². The smallest absolute Gasteiger partial charge is 0.303 e. The minimum atomic E-state index is -0.873. The van der Waals surface area contributed by atoms with Crippen LogP contribution in [0.5, 0.6) is 0 Å². The summed E-state index contributed by atoms with van der Waals surface area (Å²) < 4.78 is 0.852. The van der Waals surface area contributed by atoms with Crippen LogP contribution in [0.4, 0.5) is 0 Å². The number of rotatable bonds is 5. The van der Waals surface area contributed by atoms with Gasteiger partial charge >= 0.3 is 5.97 Å². The van der Waals surface area contributed by atoms with E-state index in [1.807, 2.05) is 38.1 Å². The quantitative estimate of drug-likeness (QED) is 0.901. The molecule has 0 saturated heterocycles. The summed E-state index contributed by atoms with van der Waals surface area (Å²) in [5.74, 6) is -0.831. The summed E-state index contributed by atoms with van der Waals surface area (Å²) in [5, 5.41) is 18.4. The molecule has 0 aliphatic rings. The molecule has 0 aliphatic heterocycles. The highest BCUT2D eigenvalue weighted by atomic mass is 79.9. The zero-order valence-corrected chi connectivity index (χ0v) is 12.1. The van der Waals surface area contributed by atoms with Gasteiger partial charge in [-0.1, -0.05) is 48.0 Å². The van der Waals surface area contributed by atoms with Crippen molar-refractivity contribution in [2.45, 2.75) is 32.1 Å².